The van der Waals surface area contributed by atoms with Gasteiger partial charge in [0.25, 0.3) is 5.69 Å². The maximum atomic E-state index is 11.0. The first-order valence-electron chi connectivity index (χ1n) is 6.24. The molecule has 6 nitrogen and oxygen atoms in total. The first-order chi connectivity index (χ1) is 9.10. The molecule has 1 aliphatic rings. The van der Waals surface area contributed by atoms with Gasteiger partial charge in [0.1, 0.15) is 5.69 Å². The molecular weight excluding hydrogens is 244 g/mol. The predicted octanol–water partition coefficient (Wildman–Crippen LogP) is 1.97. The fourth-order valence-corrected chi connectivity index (χ4v) is 2.38. The Hall–Kier alpha value is -2.13. The first kappa shape index (κ1) is 13.3. The molecular formula is C13H16N4O2. The fraction of sp³-hybridized carbons (Fsp3) is 0.462. The molecule has 1 aromatic rings. The molecule has 6 heteroatoms. The highest BCUT2D eigenvalue weighted by atomic mass is 16.6. The van der Waals surface area contributed by atoms with Crippen LogP contribution in [0.2, 0.25) is 0 Å². The van der Waals surface area contributed by atoms with Gasteiger partial charge in [-0.05, 0) is 38.6 Å². The summed E-state index contributed by atoms with van der Waals surface area (Å²) in [6, 6.07) is 6.66. The van der Waals surface area contributed by atoms with E-state index in [-0.39, 0.29) is 11.7 Å². The van der Waals surface area contributed by atoms with Crippen LogP contribution in [-0.2, 0) is 0 Å². The van der Waals surface area contributed by atoms with Crippen molar-refractivity contribution in [1.82, 2.24) is 4.90 Å². The van der Waals surface area contributed by atoms with E-state index >= 15 is 0 Å². The molecule has 0 aliphatic carbocycles. The zero-order chi connectivity index (χ0) is 13.8. The van der Waals surface area contributed by atoms with Gasteiger partial charge in [0.05, 0.1) is 16.6 Å². The lowest BCUT2D eigenvalue weighted by atomic mass is 10.1. The Bertz CT molecular complexity index is 524. The number of hydrogen-bond acceptors (Lipinski definition) is 5. The molecule has 0 saturated carbocycles. The van der Waals surface area contributed by atoms with Crippen molar-refractivity contribution in [3.63, 3.8) is 0 Å². The minimum Gasteiger partial charge on any atom is -0.375 e. The highest BCUT2D eigenvalue weighted by Gasteiger charge is 2.21. The number of nitrogens with zero attached hydrogens (tertiary/aromatic N) is 3. The Kier molecular flexibility index (Phi) is 3.97. The molecule has 1 fully saturated rings. The number of nitro benzene ring substituents is 1. The second-order valence-corrected chi connectivity index (χ2v) is 4.85. The highest BCUT2D eigenvalue weighted by molar-refractivity contribution is 5.64. The van der Waals surface area contributed by atoms with Crippen LogP contribution in [-0.4, -0.2) is 36.0 Å². The largest absolute Gasteiger partial charge is 0.375 e. The van der Waals surface area contributed by atoms with Crippen LogP contribution in [0.15, 0.2) is 18.2 Å². The maximum Gasteiger partial charge on any atom is 0.293 e. The Morgan fingerprint density at radius 1 is 1.58 bits per heavy atom. The molecule has 2 rings (SSSR count). The number of hydrogen-bond donors (Lipinski definition) is 1. The van der Waals surface area contributed by atoms with E-state index in [1.165, 1.54) is 6.07 Å². The van der Waals surface area contributed by atoms with Crippen molar-refractivity contribution in [3.8, 4) is 6.07 Å². The molecule has 19 heavy (non-hydrogen) atoms. The van der Waals surface area contributed by atoms with Crippen LogP contribution >= 0.6 is 0 Å². The summed E-state index contributed by atoms with van der Waals surface area (Å²) < 4.78 is 0. The molecule has 1 N–H and O–H groups in total. The molecule has 0 amide bonds. The lowest BCUT2D eigenvalue weighted by Gasteiger charge is -2.30. The Morgan fingerprint density at radius 3 is 3.00 bits per heavy atom. The molecule has 0 aromatic heterocycles. The van der Waals surface area contributed by atoms with Gasteiger partial charge in [0, 0.05) is 18.7 Å². The van der Waals surface area contributed by atoms with Gasteiger partial charge in [-0.25, -0.2) is 0 Å². The fourth-order valence-electron chi connectivity index (χ4n) is 2.38. The van der Waals surface area contributed by atoms with Crippen LogP contribution in [0.5, 0.6) is 0 Å². The number of nitrogens with one attached hydrogen (secondary N) is 1. The minimum atomic E-state index is -0.449. The number of benzene rings is 1. The van der Waals surface area contributed by atoms with E-state index in [1.54, 1.807) is 12.1 Å². The molecule has 1 saturated heterocycles. The molecule has 1 heterocycles. The van der Waals surface area contributed by atoms with Crippen LogP contribution < -0.4 is 5.32 Å². The van der Waals surface area contributed by atoms with Gasteiger partial charge in [-0.2, -0.15) is 5.26 Å². The van der Waals surface area contributed by atoms with Crippen LogP contribution in [0.3, 0.4) is 0 Å². The third-order valence-corrected chi connectivity index (χ3v) is 3.31. The zero-order valence-electron chi connectivity index (χ0n) is 10.8. The number of nitro groups is 1. The summed E-state index contributed by atoms with van der Waals surface area (Å²) in [5, 5.41) is 23.1. The number of likely N-dealkylation sites (N-methyl/N-ethyl adjacent to an activating group) is 1. The van der Waals surface area contributed by atoms with E-state index in [9.17, 15) is 10.1 Å². The summed E-state index contributed by atoms with van der Waals surface area (Å²) in [7, 11) is 2.04. The third kappa shape index (κ3) is 3.20. The van der Waals surface area contributed by atoms with Crippen LogP contribution in [0.4, 0.5) is 11.4 Å². The smallest absolute Gasteiger partial charge is 0.293 e. The second kappa shape index (κ2) is 5.67. The summed E-state index contributed by atoms with van der Waals surface area (Å²) in [5.41, 5.74) is 0.759. The van der Waals surface area contributed by atoms with Gasteiger partial charge >= 0.3 is 0 Å². The normalized spacial score (nSPS) is 19.7. The molecule has 100 valence electrons. The Labute approximate surface area is 111 Å². The molecule has 1 unspecified atom stereocenters. The predicted molar refractivity (Wildman–Crippen MR) is 72.0 cm³/mol. The van der Waals surface area contributed by atoms with Crippen molar-refractivity contribution < 1.29 is 4.92 Å². The highest BCUT2D eigenvalue weighted by Crippen LogP contribution is 2.27. The Morgan fingerprint density at radius 2 is 2.37 bits per heavy atom. The Balaban J connectivity index is 2.20. The first-order valence-corrected chi connectivity index (χ1v) is 6.24. The number of anilines is 1. The van der Waals surface area contributed by atoms with E-state index in [2.05, 4.69) is 10.2 Å². The zero-order valence-corrected chi connectivity index (χ0v) is 10.8. The number of likely N-dealkylation sites (tertiary alicyclic amines) is 1. The molecule has 0 bridgehead atoms. The lowest BCUT2D eigenvalue weighted by molar-refractivity contribution is -0.384. The number of piperidine rings is 1. The lowest BCUT2D eigenvalue weighted by Crippen LogP contribution is -2.39. The van der Waals surface area contributed by atoms with Crippen molar-refractivity contribution in [2.24, 2.45) is 0 Å². The van der Waals surface area contributed by atoms with Crippen molar-refractivity contribution in [1.29, 1.82) is 5.26 Å². The summed E-state index contributed by atoms with van der Waals surface area (Å²) in [6.07, 6.45) is 2.08. The third-order valence-electron chi connectivity index (χ3n) is 3.31. The molecule has 1 aromatic carbocycles. The van der Waals surface area contributed by atoms with Gasteiger partial charge in [-0.1, -0.05) is 0 Å². The van der Waals surface area contributed by atoms with Crippen LogP contribution in [0, 0.1) is 21.4 Å². The van der Waals surface area contributed by atoms with Crippen molar-refractivity contribution in [2.45, 2.75) is 18.9 Å². The maximum absolute atomic E-state index is 11.0. The van der Waals surface area contributed by atoms with Crippen LogP contribution in [0.25, 0.3) is 0 Å². The quantitative estimate of drug-likeness (QED) is 0.663. The standard InChI is InChI=1S/C13H16N4O2/c1-16-6-2-3-11(9-16)15-12-5-4-10(8-14)7-13(12)17(18)19/h4-5,7,11,15H,2-3,6,9H2,1H3. The minimum absolute atomic E-state index is 0.0349. The average Bonchev–Trinajstić information content (AvgIpc) is 2.39. The van der Waals surface area contributed by atoms with Gasteiger partial charge in [-0.3, -0.25) is 10.1 Å². The molecule has 1 atom stereocenters. The topological polar surface area (TPSA) is 82.2 Å². The van der Waals surface area contributed by atoms with Crippen LogP contribution in [0.1, 0.15) is 18.4 Å². The summed E-state index contributed by atoms with van der Waals surface area (Å²) in [4.78, 5) is 12.8. The summed E-state index contributed by atoms with van der Waals surface area (Å²) >= 11 is 0. The summed E-state index contributed by atoms with van der Waals surface area (Å²) in [6.45, 7) is 1.94. The number of rotatable bonds is 3. The molecule has 1 aliphatic heterocycles. The van der Waals surface area contributed by atoms with E-state index in [4.69, 9.17) is 5.26 Å². The van der Waals surface area contributed by atoms with E-state index in [0.717, 1.165) is 25.9 Å². The van der Waals surface area contributed by atoms with Crippen molar-refractivity contribution in [2.75, 3.05) is 25.5 Å². The monoisotopic (exact) mass is 260 g/mol. The van der Waals surface area contributed by atoms with E-state index in [1.807, 2.05) is 13.1 Å². The van der Waals surface area contributed by atoms with Gasteiger partial charge in [0.2, 0.25) is 0 Å². The average molecular weight is 260 g/mol. The van der Waals surface area contributed by atoms with Gasteiger partial charge < -0.3 is 10.2 Å². The SMILES string of the molecule is CN1CCCC(Nc2ccc(C#N)cc2[N+](=O)[O-])C1. The number of nitriles is 1. The second-order valence-electron chi connectivity index (χ2n) is 4.85. The van der Waals surface area contributed by atoms with Crippen molar-refractivity contribution in [3.05, 3.63) is 33.9 Å². The van der Waals surface area contributed by atoms with E-state index in [0.29, 0.717) is 11.3 Å². The van der Waals surface area contributed by atoms with E-state index < -0.39 is 4.92 Å². The van der Waals surface area contributed by atoms with Gasteiger partial charge in [0.15, 0.2) is 0 Å². The van der Waals surface area contributed by atoms with Gasteiger partial charge in [-0.15, -0.1) is 0 Å². The van der Waals surface area contributed by atoms with Crippen molar-refractivity contribution >= 4 is 11.4 Å². The molecule has 0 spiro atoms. The summed E-state index contributed by atoms with van der Waals surface area (Å²) in [5.74, 6) is 0. The molecule has 0 radical (unpaired) electrons.